The molecule has 5 nitrogen and oxygen atoms in total. The molecular weight excluding hydrogens is 234 g/mol. The zero-order chi connectivity index (χ0) is 13.5. The molecule has 0 radical (unpaired) electrons. The smallest absolute Gasteiger partial charge is 0.332 e. The first-order chi connectivity index (χ1) is 8.49. The number of carboxylic acid groups (broad SMARTS) is 1. The maximum atomic E-state index is 11.5. The predicted molar refractivity (Wildman–Crippen MR) is 66.2 cm³/mol. The van der Waals surface area contributed by atoms with Gasteiger partial charge in [0.25, 0.3) is 0 Å². The molecule has 3 N–H and O–H groups in total. The molecule has 0 aliphatic heterocycles. The van der Waals surface area contributed by atoms with Crippen molar-refractivity contribution in [3.63, 3.8) is 0 Å². The van der Waals surface area contributed by atoms with Gasteiger partial charge in [0.1, 0.15) is 0 Å². The van der Waals surface area contributed by atoms with Crippen LogP contribution in [0.15, 0.2) is 24.3 Å². The van der Waals surface area contributed by atoms with Crippen molar-refractivity contribution in [1.82, 2.24) is 5.32 Å². The molecular formula is C13H17NO4. The second kappa shape index (κ2) is 6.76. The van der Waals surface area contributed by atoms with Crippen molar-refractivity contribution in [1.29, 1.82) is 0 Å². The Balaban J connectivity index is 2.32. The van der Waals surface area contributed by atoms with Crippen LogP contribution in [0.3, 0.4) is 0 Å². The van der Waals surface area contributed by atoms with Crippen molar-refractivity contribution in [2.75, 3.05) is 6.54 Å². The van der Waals surface area contributed by atoms with Crippen LogP contribution >= 0.6 is 0 Å². The van der Waals surface area contributed by atoms with E-state index in [0.29, 0.717) is 0 Å². The first kappa shape index (κ1) is 14.2. The quantitative estimate of drug-likeness (QED) is 0.686. The number of amides is 1. The van der Waals surface area contributed by atoms with E-state index in [1.807, 2.05) is 31.2 Å². The molecule has 1 amide bonds. The molecule has 0 saturated carbocycles. The zero-order valence-corrected chi connectivity index (χ0v) is 10.2. The number of nitrogens with one attached hydrogen (secondary N) is 1. The van der Waals surface area contributed by atoms with Crippen LogP contribution < -0.4 is 5.32 Å². The standard InChI is InChI=1S/C13H17NO4/c1-9-3-2-4-10(7-9)8-12(16)14-6-5-11(15)13(17)18/h2-4,7,11,15H,5-6,8H2,1H3,(H,14,16)(H,17,18). The first-order valence-electron chi connectivity index (χ1n) is 5.72. The van der Waals surface area contributed by atoms with Gasteiger partial charge < -0.3 is 15.5 Å². The van der Waals surface area contributed by atoms with E-state index in [0.717, 1.165) is 11.1 Å². The van der Waals surface area contributed by atoms with E-state index in [1.165, 1.54) is 0 Å². The minimum atomic E-state index is -1.43. The molecule has 0 bridgehead atoms. The molecule has 1 unspecified atom stereocenters. The summed E-state index contributed by atoms with van der Waals surface area (Å²) in [5.41, 5.74) is 1.99. The average molecular weight is 251 g/mol. The number of carbonyl (C=O) groups is 2. The lowest BCUT2D eigenvalue weighted by Crippen LogP contribution is -2.30. The summed E-state index contributed by atoms with van der Waals surface area (Å²) in [4.78, 5) is 21.9. The summed E-state index contributed by atoms with van der Waals surface area (Å²) in [6, 6.07) is 7.61. The zero-order valence-electron chi connectivity index (χ0n) is 10.2. The van der Waals surface area contributed by atoms with Crippen molar-refractivity contribution < 1.29 is 19.8 Å². The molecule has 0 aromatic heterocycles. The Labute approximate surface area is 105 Å². The van der Waals surface area contributed by atoms with Crippen molar-refractivity contribution in [2.45, 2.75) is 25.9 Å². The summed E-state index contributed by atoms with van der Waals surface area (Å²) in [5.74, 6) is -1.46. The van der Waals surface area contributed by atoms with E-state index in [-0.39, 0.29) is 25.3 Å². The number of aryl methyl sites for hydroxylation is 1. The number of carboxylic acids is 1. The number of carbonyl (C=O) groups excluding carboxylic acids is 1. The highest BCUT2D eigenvalue weighted by Crippen LogP contribution is 2.04. The van der Waals surface area contributed by atoms with Gasteiger partial charge in [-0.3, -0.25) is 4.79 Å². The Morgan fingerprint density at radius 3 is 2.72 bits per heavy atom. The topological polar surface area (TPSA) is 86.6 Å². The molecule has 0 spiro atoms. The number of hydrogen-bond donors (Lipinski definition) is 3. The molecule has 0 fully saturated rings. The molecule has 0 heterocycles. The fourth-order valence-electron chi connectivity index (χ4n) is 1.54. The summed E-state index contributed by atoms with van der Waals surface area (Å²) in [6.07, 6.45) is -1.16. The highest BCUT2D eigenvalue weighted by atomic mass is 16.4. The Bertz CT molecular complexity index is 431. The molecule has 0 saturated heterocycles. The van der Waals surface area contributed by atoms with Crippen LogP contribution in [0.5, 0.6) is 0 Å². The van der Waals surface area contributed by atoms with Gasteiger partial charge >= 0.3 is 5.97 Å². The lowest BCUT2D eigenvalue weighted by molar-refractivity contribution is -0.147. The van der Waals surface area contributed by atoms with Crippen LogP contribution in [-0.4, -0.2) is 34.7 Å². The van der Waals surface area contributed by atoms with E-state index in [2.05, 4.69) is 5.32 Å². The number of rotatable bonds is 6. The maximum absolute atomic E-state index is 11.5. The SMILES string of the molecule is Cc1cccc(CC(=O)NCCC(O)C(=O)O)c1. The number of aliphatic hydroxyl groups is 1. The van der Waals surface area contributed by atoms with E-state index in [1.54, 1.807) is 0 Å². The van der Waals surface area contributed by atoms with Gasteiger partial charge in [0.2, 0.25) is 5.91 Å². The monoisotopic (exact) mass is 251 g/mol. The Morgan fingerprint density at radius 1 is 1.39 bits per heavy atom. The fourth-order valence-corrected chi connectivity index (χ4v) is 1.54. The van der Waals surface area contributed by atoms with E-state index in [4.69, 9.17) is 10.2 Å². The van der Waals surface area contributed by atoms with Gasteiger partial charge in [0.05, 0.1) is 6.42 Å². The van der Waals surface area contributed by atoms with Gasteiger partial charge in [0.15, 0.2) is 6.10 Å². The Morgan fingerprint density at radius 2 is 2.11 bits per heavy atom. The minimum absolute atomic E-state index is 0.00882. The van der Waals surface area contributed by atoms with Crippen LogP contribution in [0.4, 0.5) is 0 Å². The van der Waals surface area contributed by atoms with Gasteiger partial charge in [0, 0.05) is 13.0 Å². The van der Waals surface area contributed by atoms with Crippen LogP contribution in [0, 0.1) is 6.92 Å². The summed E-state index contributed by atoms with van der Waals surface area (Å²) in [7, 11) is 0. The van der Waals surface area contributed by atoms with Gasteiger partial charge in [-0.05, 0) is 12.5 Å². The number of aliphatic hydroxyl groups excluding tert-OH is 1. The molecule has 1 aromatic rings. The highest BCUT2D eigenvalue weighted by Gasteiger charge is 2.12. The summed E-state index contributed by atoms with van der Waals surface area (Å²) >= 11 is 0. The minimum Gasteiger partial charge on any atom is -0.479 e. The van der Waals surface area contributed by atoms with E-state index >= 15 is 0 Å². The second-order valence-electron chi connectivity index (χ2n) is 4.16. The van der Waals surface area contributed by atoms with E-state index in [9.17, 15) is 9.59 Å². The van der Waals surface area contributed by atoms with Gasteiger partial charge in [-0.2, -0.15) is 0 Å². The second-order valence-corrected chi connectivity index (χ2v) is 4.16. The lowest BCUT2D eigenvalue weighted by atomic mass is 10.1. The summed E-state index contributed by atoms with van der Waals surface area (Å²) < 4.78 is 0. The van der Waals surface area contributed by atoms with Gasteiger partial charge in [-0.25, -0.2) is 4.79 Å². The normalized spacial score (nSPS) is 11.9. The molecule has 18 heavy (non-hydrogen) atoms. The van der Waals surface area contributed by atoms with Crippen molar-refractivity contribution in [3.05, 3.63) is 35.4 Å². The predicted octanol–water partition coefficient (Wildman–Crippen LogP) is 0.489. The van der Waals surface area contributed by atoms with Gasteiger partial charge in [-0.1, -0.05) is 29.8 Å². The summed E-state index contributed by atoms with van der Waals surface area (Å²) in [6.45, 7) is 2.10. The van der Waals surface area contributed by atoms with Crippen molar-refractivity contribution >= 4 is 11.9 Å². The molecule has 1 aromatic carbocycles. The lowest BCUT2D eigenvalue weighted by Gasteiger charge is -2.07. The third-order valence-corrected chi connectivity index (χ3v) is 2.47. The highest BCUT2D eigenvalue weighted by molar-refractivity contribution is 5.78. The Hall–Kier alpha value is -1.88. The summed E-state index contributed by atoms with van der Waals surface area (Å²) in [5, 5.41) is 20.0. The maximum Gasteiger partial charge on any atom is 0.332 e. The average Bonchev–Trinajstić information content (AvgIpc) is 2.28. The van der Waals surface area contributed by atoms with Crippen LogP contribution in [0.2, 0.25) is 0 Å². The van der Waals surface area contributed by atoms with Crippen molar-refractivity contribution in [3.8, 4) is 0 Å². The van der Waals surface area contributed by atoms with Crippen LogP contribution in [0.1, 0.15) is 17.5 Å². The van der Waals surface area contributed by atoms with Gasteiger partial charge in [-0.15, -0.1) is 0 Å². The van der Waals surface area contributed by atoms with Crippen LogP contribution in [0.25, 0.3) is 0 Å². The molecule has 0 aliphatic rings. The largest absolute Gasteiger partial charge is 0.479 e. The first-order valence-corrected chi connectivity index (χ1v) is 5.72. The number of hydrogen-bond acceptors (Lipinski definition) is 3. The molecule has 1 atom stereocenters. The molecule has 1 rings (SSSR count). The Kier molecular flexibility index (Phi) is 5.32. The number of aliphatic carboxylic acids is 1. The fraction of sp³-hybridized carbons (Fsp3) is 0.385. The molecule has 98 valence electrons. The third kappa shape index (κ3) is 4.97. The molecule has 5 heteroatoms. The van der Waals surface area contributed by atoms with E-state index < -0.39 is 12.1 Å². The van der Waals surface area contributed by atoms with Crippen molar-refractivity contribution in [2.24, 2.45) is 0 Å². The van der Waals surface area contributed by atoms with Crippen LogP contribution in [-0.2, 0) is 16.0 Å². The number of benzene rings is 1. The third-order valence-electron chi connectivity index (χ3n) is 2.47. The molecule has 0 aliphatic carbocycles.